The Labute approximate surface area is 152 Å². The molecule has 8 heteroatoms. The minimum Gasteiger partial charge on any atom is -0.293 e. The predicted molar refractivity (Wildman–Crippen MR) is 96.5 cm³/mol. The van der Waals surface area contributed by atoms with Crippen molar-refractivity contribution >= 4 is 34.4 Å². The molecule has 2 aromatic carbocycles. The third kappa shape index (κ3) is 2.90. The standard InChI is InChI=1S/C17H11Cl2N5O/c18-12-5-7-13(8-6-12)24-16-15(21-22-24)17(25)23(10-20-16)9-11-3-1-2-4-14(11)19/h1-8,10H,9H2. The fraction of sp³-hybridized carbons (Fsp3) is 0.0588. The van der Waals surface area contributed by atoms with Crippen LogP contribution < -0.4 is 5.56 Å². The molecule has 25 heavy (non-hydrogen) atoms. The molecule has 0 atom stereocenters. The highest BCUT2D eigenvalue weighted by molar-refractivity contribution is 6.31. The first-order valence-electron chi connectivity index (χ1n) is 7.44. The van der Waals surface area contributed by atoms with Gasteiger partial charge in [-0.3, -0.25) is 9.36 Å². The van der Waals surface area contributed by atoms with E-state index in [2.05, 4.69) is 15.3 Å². The summed E-state index contributed by atoms with van der Waals surface area (Å²) in [6, 6.07) is 14.4. The number of aromatic nitrogens is 5. The zero-order chi connectivity index (χ0) is 17.4. The van der Waals surface area contributed by atoms with E-state index < -0.39 is 0 Å². The second-order valence-electron chi connectivity index (χ2n) is 5.42. The highest BCUT2D eigenvalue weighted by Gasteiger charge is 2.14. The number of fused-ring (bicyclic) bond motifs is 1. The van der Waals surface area contributed by atoms with Crippen LogP contribution in [0.4, 0.5) is 0 Å². The molecule has 2 aromatic heterocycles. The highest BCUT2D eigenvalue weighted by Crippen LogP contribution is 2.17. The zero-order valence-electron chi connectivity index (χ0n) is 12.8. The van der Waals surface area contributed by atoms with Crippen molar-refractivity contribution in [1.82, 2.24) is 24.5 Å². The predicted octanol–water partition coefficient (Wildman–Crippen LogP) is 3.33. The second kappa shape index (κ2) is 6.31. The fourth-order valence-electron chi connectivity index (χ4n) is 2.52. The van der Waals surface area contributed by atoms with Gasteiger partial charge in [0.1, 0.15) is 6.33 Å². The van der Waals surface area contributed by atoms with Gasteiger partial charge in [-0.05, 0) is 35.9 Å². The van der Waals surface area contributed by atoms with Crippen LogP contribution in [0.1, 0.15) is 5.56 Å². The van der Waals surface area contributed by atoms with Crippen LogP contribution in [0, 0.1) is 0 Å². The molecule has 4 aromatic rings. The summed E-state index contributed by atoms with van der Waals surface area (Å²) in [4.78, 5) is 17.0. The van der Waals surface area contributed by atoms with Gasteiger partial charge in [-0.1, -0.05) is 46.6 Å². The third-order valence-electron chi connectivity index (χ3n) is 3.80. The van der Waals surface area contributed by atoms with Crippen molar-refractivity contribution < 1.29 is 0 Å². The topological polar surface area (TPSA) is 65.6 Å². The van der Waals surface area contributed by atoms with Gasteiger partial charge in [0.05, 0.1) is 12.2 Å². The molecule has 0 aliphatic carbocycles. The first-order valence-corrected chi connectivity index (χ1v) is 8.19. The van der Waals surface area contributed by atoms with Crippen molar-refractivity contribution in [2.45, 2.75) is 6.54 Å². The zero-order valence-corrected chi connectivity index (χ0v) is 14.3. The molecule has 4 rings (SSSR count). The maximum absolute atomic E-state index is 12.7. The number of halogens is 2. The molecule has 0 amide bonds. The van der Waals surface area contributed by atoms with Gasteiger partial charge in [-0.25, -0.2) is 4.98 Å². The largest absolute Gasteiger partial charge is 0.293 e. The Morgan fingerprint density at radius 2 is 1.76 bits per heavy atom. The molecular weight excluding hydrogens is 361 g/mol. The molecular formula is C17H11Cl2N5O. The fourth-order valence-corrected chi connectivity index (χ4v) is 2.84. The maximum atomic E-state index is 12.7. The van der Waals surface area contributed by atoms with E-state index in [1.54, 1.807) is 30.3 Å². The molecule has 6 nitrogen and oxygen atoms in total. The van der Waals surface area contributed by atoms with Crippen molar-refractivity contribution in [2.75, 3.05) is 0 Å². The van der Waals surface area contributed by atoms with Crippen molar-refractivity contribution in [3.05, 3.63) is 80.8 Å². The van der Waals surface area contributed by atoms with Gasteiger partial charge in [0.25, 0.3) is 5.56 Å². The third-order valence-corrected chi connectivity index (χ3v) is 4.42. The van der Waals surface area contributed by atoms with Crippen LogP contribution in [0.5, 0.6) is 0 Å². The molecule has 0 unspecified atom stereocenters. The normalized spacial score (nSPS) is 11.1. The Hall–Kier alpha value is -2.70. The smallest absolute Gasteiger partial charge is 0.283 e. The molecule has 0 aliphatic heterocycles. The molecule has 0 saturated carbocycles. The molecule has 2 heterocycles. The Bertz CT molecular complexity index is 1120. The van der Waals surface area contributed by atoms with Crippen molar-refractivity contribution in [3.8, 4) is 5.69 Å². The van der Waals surface area contributed by atoms with Gasteiger partial charge in [0.15, 0.2) is 11.2 Å². The van der Waals surface area contributed by atoms with Crippen molar-refractivity contribution in [1.29, 1.82) is 0 Å². The summed E-state index contributed by atoms with van der Waals surface area (Å²) >= 11 is 12.1. The van der Waals surface area contributed by atoms with Crippen LogP contribution >= 0.6 is 23.2 Å². The lowest BCUT2D eigenvalue weighted by Gasteiger charge is -2.07. The summed E-state index contributed by atoms with van der Waals surface area (Å²) in [5.41, 5.74) is 1.87. The van der Waals surface area contributed by atoms with Crippen LogP contribution in [0.3, 0.4) is 0 Å². The minimum absolute atomic E-state index is 0.199. The Kier molecular flexibility index (Phi) is 3.99. The van der Waals surface area contributed by atoms with E-state index in [9.17, 15) is 4.79 Å². The Balaban J connectivity index is 1.78. The van der Waals surface area contributed by atoms with Gasteiger partial charge >= 0.3 is 0 Å². The lowest BCUT2D eigenvalue weighted by atomic mass is 10.2. The second-order valence-corrected chi connectivity index (χ2v) is 6.26. The quantitative estimate of drug-likeness (QED) is 0.553. The van der Waals surface area contributed by atoms with Gasteiger partial charge in [-0.2, -0.15) is 4.68 Å². The summed E-state index contributed by atoms with van der Waals surface area (Å²) in [5, 5.41) is 9.25. The Morgan fingerprint density at radius 1 is 1.00 bits per heavy atom. The van der Waals surface area contributed by atoms with E-state index in [0.717, 1.165) is 11.3 Å². The van der Waals surface area contributed by atoms with E-state index in [0.29, 0.717) is 22.2 Å². The maximum Gasteiger partial charge on any atom is 0.283 e. The van der Waals surface area contributed by atoms with Crippen LogP contribution in [-0.2, 0) is 6.54 Å². The van der Waals surface area contributed by atoms with Crippen LogP contribution in [0.15, 0.2) is 59.7 Å². The minimum atomic E-state index is -0.273. The van der Waals surface area contributed by atoms with E-state index >= 15 is 0 Å². The van der Waals surface area contributed by atoms with Gasteiger partial charge in [-0.15, -0.1) is 5.10 Å². The molecule has 124 valence electrons. The molecule has 0 fully saturated rings. The summed E-state index contributed by atoms with van der Waals surface area (Å²) < 4.78 is 2.97. The van der Waals surface area contributed by atoms with E-state index in [-0.39, 0.29) is 11.1 Å². The molecule has 0 saturated heterocycles. The van der Waals surface area contributed by atoms with Crippen LogP contribution in [-0.4, -0.2) is 24.5 Å². The number of hydrogen-bond donors (Lipinski definition) is 0. The molecule has 0 aliphatic rings. The van der Waals surface area contributed by atoms with E-state index in [4.69, 9.17) is 23.2 Å². The summed E-state index contributed by atoms with van der Waals surface area (Å²) in [7, 11) is 0. The van der Waals surface area contributed by atoms with E-state index in [1.807, 2.05) is 18.2 Å². The summed E-state index contributed by atoms with van der Waals surface area (Å²) in [6.07, 6.45) is 1.48. The molecule has 0 spiro atoms. The summed E-state index contributed by atoms with van der Waals surface area (Å²) in [5.74, 6) is 0. The van der Waals surface area contributed by atoms with Gasteiger partial charge in [0.2, 0.25) is 0 Å². The average molecular weight is 372 g/mol. The number of rotatable bonds is 3. The lowest BCUT2D eigenvalue weighted by Crippen LogP contribution is -2.21. The monoisotopic (exact) mass is 371 g/mol. The van der Waals surface area contributed by atoms with Crippen LogP contribution in [0.25, 0.3) is 16.9 Å². The number of benzene rings is 2. The number of nitrogens with zero attached hydrogens (tertiary/aromatic N) is 5. The SMILES string of the molecule is O=c1c2nnn(-c3ccc(Cl)cc3)c2ncn1Cc1ccccc1Cl. The first-order chi connectivity index (χ1) is 12.1. The Morgan fingerprint density at radius 3 is 2.52 bits per heavy atom. The lowest BCUT2D eigenvalue weighted by molar-refractivity contribution is 0.745. The summed E-state index contributed by atoms with van der Waals surface area (Å²) in [6.45, 7) is 0.315. The van der Waals surface area contributed by atoms with Crippen LogP contribution in [0.2, 0.25) is 10.0 Å². The highest BCUT2D eigenvalue weighted by atomic mass is 35.5. The molecule has 0 radical (unpaired) electrons. The van der Waals surface area contributed by atoms with Gasteiger partial charge < -0.3 is 0 Å². The number of hydrogen-bond acceptors (Lipinski definition) is 4. The molecule has 0 bridgehead atoms. The molecule has 0 N–H and O–H groups in total. The first kappa shape index (κ1) is 15.8. The average Bonchev–Trinajstić information content (AvgIpc) is 3.05. The van der Waals surface area contributed by atoms with Crippen molar-refractivity contribution in [2.24, 2.45) is 0 Å². The van der Waals surface area contributed by atoms with Gasteiger partial charge in [0, 0.05) is 10.0 Å². The van der Waals surface area contributed by atoms with Crippen molar-refractivity contribution in [3.63, 3.8) is 0 Å². The van der Waals surface area contributed by atoms with E-state index in [1.165, 1.54) is 15.6 Å².